The Kier molecular flexibility index (Phi) is 4.88. The lowest BCUT2D eigenvalue weighted by molar-refractivity contribution is 0.0805. The lowest BCUT2D eigenvalue weighted by Crippen LogP contribution is -2.45. The van der Waals surface area contributed by atoms with Crippen LogP contribution < -0.4 is 0 Å². The van der Waals surface area contributed by atoms with Gasteiger partial charge < -0.3 is 10.0 Å². The van der Waals surface area contributed by atoms with Crippen LogP contribution in [0.3, 0.4) is 0 Å². The number of hydrogen-bond donors (Lipinski definition) is 1. The average Bonchev–Trinajstić information content (AvgIpc) is 2.58. The fourth-order valence-corrected chi connectivity index (χ4v) is 2.91. The predicted octanol–water partition coefficient (Wildman–Crippen LogP) is 2.63. The third-order valence-corrected chi connectivity index (χ3v) is 4.43. The van der Waals surface area contributed by atoms with Crippen LogP contribution >= 0.6 is 0 Å². The maximum Gasteiger partial charge on any atom is 0.0916 e. The second kappa shape index (κ2) is 7.05. The van der Waals surface area contributed by atoms with Gasteiger partial charge in [-0.1, -0.05) is 54.6 Å². The summed E-state index contributed by atoms with van der Waals surface area (Å²) in [5, 5.41) is 10.4. The van der Waals surface area contributed by atoms with Gasteiger partial charge in [-0.05, 0) is 23.7 Å². The smallest absolute Gasteiger partial charge is 0.0916 e. The van der Waals surface area contributed by atoms with Gasteiger partial charge in [0.15, 0.2) is 0 Å². The van der Waals surface area contributed by atoms with Crippen LogP contribution in [0, 0.1) is 0 Å². The maximum absolute atomic E-state index is 10.4. The average molecular weight is 296 g/mol. The van der Waals surface area contributed by atoms with Crippen LogP contribution in [0.4, 0.5) is 0 Å². The Labute approximate surface area is 132 Å². The van der Waals surface area contributed by atoms with Gasteiger partial charge in [0.1, 0.15) is 0 Å². The summed E-state index contributed by atoms with van der Waals surface area (Å²) in [6, 6.07) is 18.6. The van der Waals surface area contributed by atoms with Crippen LogP contribution in [0.1, 0.15) is 11.7 Å². The zero-order chi connectivity index (χ0) is 15.4. The normalized spacial score (nSPS) is 18.3. The molecule has 1 aliphatic heterocycles. The van der Waals surface area contributed by atoms with Crippen molar-refractivity contribution < 1.29 is 5.11 Å². The Bertz CT molecular complexity index is 574. The van der Waals surface area contributed by atoms with Crippen molar-refractivity contribution in [3.05, 3.63) is 60.2 Å². The molecule has 0 radical (unpaired) electrons. The van der Waals surface area contributed by atoms with Gasteiger partial charge >= 0.3 is 0 Å². The number of benzene rings is 2. The first-order valence-corrected chi connectivity index (χ1v) is 7.97. The van der Waals surface area contributed by atoms with E-state index >= 15 is 0 Å². The van der Waals surface area contributed by atoms with E-state index in [1.165, 1.54) is 11.1 Å². The Morgan fingerprint density at radius 2 is 1.45 bits per heavy atom. The second-order valence-corrected chi connectivity index (χ2v) is 6.11. The van der Waals surface area contributed by atoms with E-state index in [4.69, 9.17) is 0 Å². The van der Waals surface area contributed by atoms with Crippen molar-refractivity contribution in [2.75, 3.05) is 39.8 Å². The summed E-state index contributed by atoms with van der Waals surface area (Å²) in [6.45, 7) is 4.96. The number of aliphatic hydroxyl groups is 1. The first kappa shape index (κ1) is 15.2. The van der Waals surface area contributed by atoms with Gasteiger partial charge in [-0.15, -0.1) is 0 Å². The standard InChI is InChI=1S/C19H24N2O/c1-20-11-13-21(14-12-20)15-19(22)18-9-7-17(8-10-18)16-5-3-2-4-6-16/h2-10,19,22H,11-15H2,1H3. The number of piperazine rings is 1. The molecule has 116 valence electrons. The van der Waals surface area contributed by atoms with Crippen molar-refractivity contribution in [1.29, 1.82) is 0 Å². The van der Waals surface area contributed by atoms with Crippen molar-refractivity contribution >= 4 is 0 Å². The van der Waals surface area contributed by atoms with E-state index in [1.54, 1.807) is 0 Å². The summed E-state index contributed by atoms with van der Waals surface area (Å²) < 4.78 is 0. The van der Waals surface area contributed by atoms with Crippen molar-refractivity contribution in [3.8, 4) is 11.1 Å². The number of nitrogens with zero attached hydrogens (tertiary/aromatic N) is 2. The first-order chi connectivity index (χ1) is 10.7. The lowest BCUT2D eigenvalue weighted by Gasteiger charge is -2.33. The Morgan fingerprint density at radius 1 is 0.864 bits per heavy atom. The third-order valence-electron chi connectivity index (χ3n) is 4.43. The molecule has 1 fully saturated rings. The first-order valence-electron chi connectivity index (χ1n) is 7.97. The number of likely N-dealkylation sites (N-methyl/N-ethyl adjacent to an activating group) is 1. The van der Waals surface area contributed by atoms with Gasteiger partial charge in [0.2, 0.25) is 0 Å². The van der Waals surface area contributed by atoms with Gasteiger partial charge in [-0.2, -0.15) is 0 Å². The minimum Gasteiger partial charge on any atom is -0.387 e. The minimum atomic E-state index is -0.409. The molecule has 3 nitrogen and oxygen atoms in total. The molecular formula is C19H24N2O. The lowest BCUT2D eigenvalue weighted by atomic mass is 10.0. The van der Waals surface area contributed by atoms with Crippen molar-refractivity contribution in [2.24, 2.45) is 0 Å². The van der Waals surface area contributed by atoms with Crippen molar-refractivity contribution in [3.63, 3.8) is 0 Å². The highest BCUT2D eigenvalue weighted by molar-refractivity contribution is 5.63. The quantitative estimate of drug-likeness (QED) is 0.939. The number of hydrogen-bond acceptors (Lipinski definition) is 3. The molecule has 0 bridgehead atoms. The van der Waals surface area contributed by atoms with Crippen LogP contribution in [0.25, 0.3) is 11.1 Å². The second-order valence-electron chi connectivity index (χ2n) is 6.11. The van der Waals surface area contributed by atoms with E-state index in [0.717, 1.165) is 38.3 Å². The van der Waals surface area contributed by atoms with Crippen LogP contribution in [-0.2, 0) is 0 Å². The van der Waals surface area contributed by atoms with Gasteiger partial charge in [-0.25, -0.2) is 0 Å². The molecule has 1 unspecified atom stereocenters. The summed E-state index contributed by atoms with van der Waals surface area (Å²) in [7, 11) is 2.15. The highest BCUT2D eigenvalue weighted by atomic mass is 16.3. The Hall–Kier alpha value is -1.68. The van der Waals surface area contributed by atoms with Crippen LogP contribution in [0.2, 0.25) is 0 Å². The number of rotatable bonds is 4. The van der Waals surface area contributed by atoms with E-state index in [9.17, 15) is 5.11 Å². The molecule has 1 heterocycles. The van der Waals surface area contributed by atoms with E-state index in [0.29, 0.717) is 0 Å². The van der Waals surface area contributed by atoms with Gasteiger partial charge in [0.25, 0.3) is 0 Å². The van der Waals surface area contributed by atoms with Crippen LogP contribution in [0.5, 0.6) is 0 Å². The highest BCUT2D eigenvalue weighted by Gasteiger charge is 2.17. The fourth-order valence-electron chi connectivity index (χ4n) is 2.91. The summed E-state index contributed by atoms with van der Waals surface area (Å²) >= 11 is 0. The molecule has 1 saturated heterocycles. The molecule has 2 aromatic carbocycles. The maximum atomic E-state index is 10.4. The molecule has 1 aliphatic rings. The largest absolute Gasteiger partial charge is 0.387 e. The van der Waals surface area contributed by atoms with E-state index in [2.05, 4.69) is 41.1 Å². The summed E-state index contributed by atoms with van der Waals surface area (Å²) in [5.41, 5.74) is 3.40. The molecule has 1 atom stereocenters. The van der Waals surface area contributed by atoms with Crippen LogP contribution in [0.15, 0.2) is 54.6 Å². The zero-order valence-electron chi connectivity index (χ0n) is 13.2. The highest BCUT2D eigenvalue weighted by Crippen LogP contribution is 2.22. The predicted molar refractivity (Wildman–Crippen MR) is 90.8 cm³/mol. The van der Waals surface area contributed by atoms with Crippen molar-refractivity contribution in [1.82, 2.24) is 9.80 Å². The molecule has 0 saturated carbocycles. The zero-order valence-corrected chi connectivity index (χ0v) is 13.2. The molecule has 3 rings (SSSR count). The van der Waals surface area contributed by atoms with Gasteiger partial charge in [0, 0.05) is 32.7 Å². The Balaban J connectivity index is 1.62. The minimum absolute atomic E-state index is 0.409. The van der Waals surface area contributed by atoms with E-state index in [-0.39, 0.29) is 0 Å². The third kappa shape index (κ3) is 3.74. The number of β-amino-alcohol motifs (C(OH)–C–C–N with tert-alkyl or cyclic N) is 1. The monoisotopic (exact) mass is 296 g/mol. The number of aliphatic hydroxyl groups excluding tert-OH is 1. The molecule has 0 amide bonds. The van der Waals surface area contributed by atoms with Gasteiger partial charge in [-0.3, -0.25) is 4.90 Å². The van der Waals surface area contributed by atoms with Gasteiger partial charge in [0.05, 0.1) is 6.10 Å². The van der Waals surface area contributed by atoms with Crippen LogP contribution in [-0.4, -0.2) is 54.7 Å². The SMILES string of the molecule is CN1CCN(CC(O)c2ccc(-c3ccccc3)cc2)CC1. The molecule has 0 aliphatic carbocycles. The molecule has 2 aromatic rings. The molecular weight excluding hydrogens is 272 g/mol. The molecule has 0 spiro atoms. The molecule has 3 heteroatoms. The fraction of sp³-hybridized carbons (Fsp3) is 0.368. The topological polar surface area (TPSA) is 26.7 Å². The summed E-state index contributed by atoms with van der Waals surface area (Å²) in [6.07, 6.45) is -0.409. The molecule has 22 heavy (non-hydrogen) atoms. The molecule has 1 N–H and O–H groups in total. The van der Waals surface area contributed by atoms with E-state index < -0.39 is 6.10 Å². The summed E-state index contributed by atoms with van der Waals surface area (Å²) in [4.78, 5) is 4.67. The summed E-state index contributed by atoms with van der Waals surface area (Å²) in [5.74, 6) is 0. The Morgan fingerprint density at radius 3 is 2.09 bits per heavy atom. The van der Waals surface area contributed by atoms with Crippen molar-refractivity contribution in [2.45, 2.75) is 6.10 Å². The van der Waals surface area contributed by atoms with E-state index in [1.807, 2.05) is 30.3 Å². The molecule has 0 aromatic heterocycles.